The van der Waals surface area contributed by atoms with Gasteiger partial charge in [0.25, 0.3) is 0 Å². The molecule has 7 nitrogen and oxygen atoms in total. The summed E-state index contributed by atoms with van der Waals surface area (Å²) in [5.41, 5.74) is 0. The van der Waals surface area contributed by atoms with E-state index in [1.807, 2.05) is 0 Å². The highest BCUT2D eigenvalue weighted by atomic mass is 16.4. The molecule has 1 heterocycles. The van der Waals surface area contributed by atoms with Crippen LogP contribution >= 0.6 is 0 Å². The van der Waals surface area contributed by atoms with Crippen molar-refractivity contribution in [3.05, 3.63) is 0 Å². The summed E-state index contributed by atoms with van der Waals surface area (Å²) < 4.78 is 0. The average Bonchev–Trinajstić information content (AvgIpc) is 2.97. The highest BCUT2D eigenvalue weighted by Crippen LogP contribution is 2.26. The van der Waals surface area contributed by atoms with Gasteiger partial charge in [-0.15, -0.1) is 0 Å². The lowest BCUT2D eigenvalue weighted by molar-refractivity contribution is -0.142. The van der Waals surface area contributed by atoms with Gasteiger partial charge in [-0.05, 0) is 19.3 Å². The molecular formula is C13H21N3O4. The number of hydrogen-bond acceptors (Lipinski definition) is 3. The van der Waals surface area contributed by atoms with Gasteiger partial charge in [-0.1, -0.05) is 6.42 Å². The largest absolute Gasteiger partial charge is 0.481 e. The molecule has 1 aliphatic heterocycles. The van der Waals surface area contributed by atoms with Gasteiger partial charge in [-0.25, -0.2) is 4.79 Å². The van der Waals surface area contributed by atoms with Crippen molar-refractivity contribution in [1.29, 1.82) is 0 Å². The molecule has 2 fully saturated rings. The smallest absolute Gasteiger partial charge is 0.317 e. The van der Waals surface area contributed by atoms with E-state index >= 15 is 0 Å². The van der Waals surface area contributed by atoms with E-state index in [0.29, 0.717) is 25.9 Å². The van der Waals surface area contributed by atoms with Crippen molar-refractivity contribution < 1.29 is 19.5 Å². The first-order valence-corrected chi connectivity index (χ1v) is 7.02. The van der Waals surface area contributed by atoms with Gasteiger partial charge in [-0.2, -0.15) is 0 Å². The molecule has 0 radical (unpaired) electrons. The maximum Gasteiger partial charge on any atom is 0.317 e. The molecule has 112 valence electrons. The van der Waals surface area contributed by atoms with Crippen molar-refractivity contribution in [2.24, 2.45) is 5.92 Å². The van der Waals surface area contributed by atoms with Crippen LogP contribution < -0.4 is 10.6 Å². The van der Waals surface area contributed by atoms with Gasteiger partial charge in [0.15, 0.2) is 0 Å². The number of amides is 3. The second-order valence-electron chi connectivity index (χ2n) is 5.56. The predicted molar refractivity (Wildman–Crippen MR) is 71.1 cm³/mol. The molecule has 0 bridgehead atoms. The summed E-state index contributed by atoms with van der Waals surface area (Å²) in [4.78, 5) is 35.8. The van der Waals surface area contributed by atoms with Crippen LogP contribution in [0.15, 0.2) is 0 Å². The molecule has 3 amide bonds. The monoisotopic (exact) mass is 283 g/mol. The van der Waals surface area contributed by atoms with Gasteiger partial charge in [-0.3, -0.25) is 9.59 Å². The van der Waals surface area contributed by atoms with E-state index in [4.69, 9.17) is 5.11 Å². The van der Waals surface area contributed by atoms with E-state index in [9.17, 15) is 14.4 Å². The minimum Gasteiger partial charge on any atom is -0.481 e. The van der Waals surface area contributed by atoms with Crippen LogP contribution in [0.3, 0.4) is 0 Å². The van der Waals surface area contributed by atoms with Crippen LogP contribution in [0, 0.1) is 5.92 Å². The first kappa shape index (κ1) is 14.6. The minimum absolute atomic E-state index is 0.00269. The number of carbonyl (C=O) groups is 3. The molecule has 3 N–H and O–H groups in total. The number of nitrogens with zero attached hydrogens (tertiary/aromatic N) is 1. The van der Waals surface area contributed by atoms with Crippen molar-refractivity contribution in [3.8, 4) is 0 Å². The fourth-order valence-corrected chi connectivity index (χ4v) is 3.03. The van der Waals surface area contributed by atoms with E-state index in [1.165, 1.54) is 6.92 Å². The lowest BCUT2D eigenvalue weighted by Gasteiger charge is -2.23. The van der Waals surface area contributed by atoms with Gasteiger partial charge < -0.3 is 20.6 Å². The second kappa shape index (κ2) is 6.11. The number of likely N-dealkylation sites (tertiary alicyclic amines) is 1. The molecule has 7 heteroatoms. The molecule has 3 atom stereocenters. The van der Waals surface area contributed by atoms with Crippen LogP contribution in [-0.4, -0.2) is 53.1 Å². The third-order valence-electron chi connectivity index (χ3n) is 4.02. The maximum atomic E-state index is 12.1. The molecule has 1 saturated carbocycles. The summed E-state index contributed by atoms with van der Waals surface area (Å²) in [5.74, 6) is -1.42. The SMILES string of the molecule is CC(=O)NC1CCN(C(=O)NC2CCCC2C(=O)O)C1. The Hall–Kier alpha value is -1.79. The van der Waals surface area contributed by atoms with Gasteiger partial charge in [0, 0.05) is 32.1 Å². The number of urea groups is 1. The summed E-state index contributed by atoms with van der Waals surface area (Å²) in [6, 6.07) is -0.507. The molecule has 0 aromatic carbocycles. The lowest BCUT2D eigenvalue weighted by Crippen LogP contribution is -2.47. The standard InChI is InChI=1S/C13H21N3O4/c1-8(17)14-9-5-6-16(7-9)13(20)15-11-4-2-3-10(11)12(18)19/h9-11H,2-7H2,1H3,(H,14,17)(H,15,20)(H,18,19). The highest BCUT2D eigenvalue weighted by molar-refractivity contribution is 5.78. The number of carbonyl (C=O) groups excluding carboxylic acids is 2. The third-order valence-corrected chi connectivity index (χ3v) is 4.02. The number of hydrogen-bond donors (Lipinski definition) is 3. The van der Waals surface area contributed by atoms with Crippen molar-refractivity contribution >= 4 is 17.9 Å². The maximum absolute atomic E-state index is 12.1. The number of nitrogens with one attached hydrogen (secondary N) is 2. The van der Waals surface area contributed by atoms with E-state index in [1.54, 1.807) is 4.90 Å². The Morgan fingerprint density at radius 1 is 1.15 bits per heavy atom. The fraction of sp³-hybridized carbons (Fsp3) is 0.769. The lowest BCUT2D eigenvalue weighted by atomic mass is 10.0. The van der Waals surface area contributed by atoms with Crippen LogP contribution in [0.25, 0.3) is 0 Å². The van der Waals surface area contributed by atoms with Crippen LogP contribution in [0.2, 0.25) is 0 Å². The Bertz CT molecular complexity index is 412. The highest BCUT2D eigenvalue weighted by Gasteiger charge is 2.35. The fourth-order valence-electron chi connectivity index (χ4n) is 3.03. The zero-order valence-corrected chi connectivity index (χ0v) is 11.6. The van der Waals surface area contributed by atoms with Gasteiger partial charge in [0.2, 0.25) is 5.91 Å². The molecule has 3 unspecified atom stereocenters. The Morgan fingerprint density at radius 2 is 1.90 bits per heavy atom. The first-order chi connectivity index (χ1) is 9.47. The van der Waals surface area contributed by atoms with E-state index in [0.717, 1.165) is 12.8 Å². The molecule has 0 aromatic heterocycles. The first-order valence-electron chi connectivity index (χ1n) is 7.02. The molecule has 1 aliphatic carbocycles. The Morgan fingerprint density at radius 3 is 2.55 bits per heavy atom. The zero-order valence-electron chi connectivity index (χ0n) is 11.6. The number of carboxylic acid groups (broad SMARTS) is 1. The van der Waals surface area contributed by atoms with Crippen LogP contribution in [-0.2, 0) is 9.59 Å². The second-order valence-corrected chi connectivity index (χ2v) is 5.56. The van der Waals surface area contributed by atoms with Crippen LogP contribution in [0.1, 0.15) is 32.6 Å². The predicted octanol–water partition coefficient (Wildman–Crippen LogP) is 0.160. The molecule has 20 heavy (non-hydrogen) atoms. The summed E-state index contributed by atoms with van der Waals surface area (Å²) in [7, 11) is 0. The molecular weight excluding hydrogens is 262 g/mol. The van der Waals surface area contributed by atoms with E-state index in [2.05, 4.69) is 10.6 Å². The summed E-state index contributed by atoms with van der Waals surface area (Å²) in [6.45, 7) is 2.52. The molecule has 2 rings (SSSR count). The minimum atomic E-state index is -0.842. The quantitative estimate of drug-likeness (QED) is 0.687. The van der Waals surface area contributed by atoms with Gasteiger partial charge in [0.05, 0.1) is 5.92 Å². The molecule has 0 aromatic rings. The summed E-state index contributed by atoms with van der Waals surface area (Å²) in [6.07, 6.45) is 2.90. The normalized spacial score (nSPS) is 29.2. The van der Waals surface area contributed by atoms with Crippen LogP contribution in [0.5, 0.6) is 0 Å². The zero-order chi connectivity index (χ0) is 14.7. The average molecular weight is 283 g/mol. The molecule has 0 spiro atoms. The molecule has 1 saturated heterocycles. The number of rotatable bonds is 3. The van der Waals surface area contributed by atoms with E-state index < -0.39 is 11.9 Å². The number of aliphatic carboxylic acids is 1. The van der Waals surface area contributed by atoms with Crippen molar-refractivity contribution in [2.75, 3.05) is 13.1 Å². The van der Waals surface area contributed by atoms with Crippen molar-refractivity contribution in [3.63, 3.8) is 0 Å². The Labute approximate surface area is 117 Å². The topological polar surface area (TPSA) is 98.7 Å². The van der Waals surface area contributed by atoms with Crippen LogP contribution in [0.4, 0.5) is 4.79 Å². The molecule has 2 aliphatic rings. The summed E-state index contributed by atoms with van der Waals surface area (Å²) in [5, 5.41) is 14.7. The van der Waals surface area contributed by atoms with Crippen molar-refractivity contribution in [2.45, 2.75) is 44.7 Å². The Kier molecular flexibility index (Phi) is 4.46. The van der Waals surface area contributed by atoms with Gasteiger partial charge >= 0.3 is 12.0 Å². The number of carboxylic acids is 1. The Balaban J connectivity index is 1.83. The van der Waals surface area contributed by atoms with E-state index in [-0.39, 0.29) is 24.0 Å². The summed E-state index contributed by atoms with van der Waals surface area (Å²) >= 11 is 0. The van der Waals surface area contributed by atoms with Crippen molar-refractivity contribution in [1.82, 2.24) is 15.5 Å². The van der Waals surface area contributed by atoms with Gasteiger partial charge in [0.1, 0.15) is 0 Å². The third kappa shape index (κ3) is 3.40.